The van der Waals surface area contributed by atoms with Crippen LogP contribution in [0.4, 0.5) is 11.6 Å². The van der Waals surface area contributed by atoms with E-state index in [0.717, 1.165) is 31.0 Å². The Balaban J connectivity index is 2.16. The number of rotatable bonds is 4. The van der Waals surface area contributed by atoms with Gasteiger partial charge in [-0.3, -0.25) is 0 Å². The smallest absolute Gasteiger partial charge is 0.134 e. The van der Waals surface area contributed by atoms with E-state index in [0.29, 0.717) is 6.04 Å². The van der Waals surface area contributed by atoms with Gasteiger partial charge >= 0.3 is 0 Å². The minimum atomic E-state index is 0.241. The molecule has 1 fully saturated rings. The maximum absolute atomic E-state index is 9.11. The highest BCUT2D eigenvalue weighted by molar-refractivity contribution is 5.49. The molecule has 1 aromatic rings. The Bertz CT molecular complexity index is 356. The van der Waals surface area contributed by atoms with Crippen molar-refractivity contribution in [3.63, 3.8) is 0 Å². The molecule has 1 aliphatic heterocycles. The van der Waals surface area contributed by atoms with Crippen molar-refractivity contribution in [1.29, 1.82) is 0 Å². The maximum Gasteiger partial charge on any atom is 0.134 e. The van der Waals surface area contributed by atoms with Crippen LogP contribution in [-0.4, -0.2) is 41.3 Å². The van der Waals surface area contributed by atoms with Gasteiger partial charge in [-0.1, -0.05) is 0 Å². The lowest BCUT2D eigenvalue weighted by Crippen LogP contribution is -2.40. The second-order valence-corrected chi connectivity index (χ2v) is 4.37. The average molecular weight is 236 g/mol. The fourth-order valence-electron chi connectivity index (χ4n) is 2.39. The molecule has 1 unspecified atom stereocenters. The van der Waals surface area contributed by atoms with Crippen LogP contribution in [0.1, 0.15) is 25.7 Å². The number of nitrogens with one attached hydrogen (secondary N) is 1. The van der Waals surface area contributed by atoms with Gasteiger partial charge in [0, 0.05) is 32.3 Å². The number of aromatic nitrogens is 2. The molecule has 5 nitrogen and oxygen atoms in total. The maximum atomic E-state index is 9.11. The van der Waals surface area contributed by atoms with Gasteiger partial charge in [0.15, 0.2) is 0 Å². The van der Waals surface area contributed by atoms with Crippen LogP contribution in [0.15, 0.2) is 12.4 Å². The van der Waals surface area contributed by atoms with Crippen molar-refractivity contribution in [2.75, 3.05) is 30.4 Å². The summed E-state index contributed by atoms with van der Waals surface area (Å²) in [6, 6.07) is 2.38. The van der Waals surface area contributed by atoms with Gasteiger partial charge in [0.1, 0.15) is 18.0 Å². The lowest BCUT2D eigenvalue weighted by molar-refractivity contribution is 0.262. The number of hydrogen-bond acceptors (Lipinski definition) is 5. The van der Waals surface area contributed by atoms with Crippen molar-refractivity contribution in [3.8, 4) is 0 Å². The topological polar surface area (TPSA) is 61.3 Å². The lowest BCUT2D eigenvalue weighted by atomic mass is 10.00. The molecule has 0 bridgehead atoms. The van der Waals surface area contributed by atoms with E-state index < -0.39 is 0 Å². The molecule has 1 saturated heterocycles. The third kappa shape index (κ3) is 2.85. The molecule has 0 radical (unpaired) electrons. The molecule has 0 amide bonds. The second kappa shape index (κ2) is 5.82. The molecule has 0 saturated carbocycles. The predicted octanol–water partition coefficient (Wildman–Crippen LogP) is 1.26. The molecule has 1 atom stereocenters. The first-order valence-electron chi connectivity index (χ1n) is 6.22. The molecule has 5 heteroatoms. The van der Waals surface area contributed by atoms with Gasteiger partial charge < -0.3 is 15.3 Å². The van der Waals surface area contributed by atoms with E-state index in [1.807, 2.05) is 13.1 Å². The van der Waals surface area contributed by atoms with E-state index in [1.165, 1.54) is 12.8 Å². The van der Waals surface area contributed by atoms with E-state index in [9.17, 15) is 0 Å². The molecular formula is C12H20N4O. The molecular weight excluding hydrogens is 216 g/mol. The average Bonchev–Trinajstić information content (AvgIpc) is 2.40. The van der Waals surface area contributed by atoms with Gasteiger partial charge in [0.05, 0.1) is 0 Å². The quantitative estimate of drug-likeness (QED) is 0.824. The fraction of sp³-hybridized carbons (Fsp3) is 0.667. The monoisotopic (exact) mass is 236 g/mol. The molecule has 0 aromatic carbocycles. The van der Waals surface area contributed by atoms with Crippen molar-refractivity contribution < 1.29 is 5.11 Å². The largest absolute Gasteiger partial charge is 0.396 e. The number of hydrogen-bond donors (Lipinski definition) is 2. The number of piperidine rings is 1. The summed E-state index contributed by atoms with van der Waals surface area (Å²) in [4.78, 5) is 10.8. The summed E-state index contributed by atoms with van der Waals surface area (Å²) < 4.78 is 0. The standard InChI is InChI=1S/C12H20N4O/c1-13-11-8-12(15-9-14-11)16-6-3-2-4-10(16)5-7-17/h8-10,17H,2-7H2,1H3,(H,13,14,15). The zero-order valence-electron chi connectivity index (χ0n) is 10.3. The van der Waals surface area contributed by atoms with Crippen LogP contribution in [0.2, 0.25) is 0 Å². The van der Waals surface area contributed by atoms with Gasteiger partial charge in [-0.25, -0.2) is 9.97 Å². The normalized spacial score (nSPS) is 20.4. The van der Waals surface area contributed by atoms with Gasteiger partial charge in [0.2, 0.25) is 0 Å². The van der Waals surface area contributed by atoms with Crippen LogP contribution in [0, 0.1) is 0 Å². The Morgan fingerprint density at radius 2 is 2.35 bits per heavy atom. The predicted molar refractivity (Wildman–Crippen MR) is 68.3 cm³/mol. The summed E-state index contributed by atoms with van der Waals surface area (Å²) in [7, 11) is 1.85. The molecule has 2 rings (SSSR count). The van der Waals surface area contributed by atoms with Crippen molar-refractivity contribution in [1.82, 2.24) is 9.97 Å². The van der Waals surface area contributed by atoms with E-state index in [1.54, 1.807) is 6.33 Å². The summed E-state index contributed by atoms with van der Waals surface area (Å²) in [5, 5.41) is 12.1. The van der Waals surface area contributed by atoms with Crippen molar-refractivity contribution in [2.45, 2.75) is 31.7 Å². The molecule has 2 N–H and O–H groups in total. The first-order valence-corrected chi connectivity index (χ1v) is 6.22. The Hall–Kier alpha value is -1.36. The molecule has 94 valence electrons. The van der Waals surface area contributed by atoms with Crippen LogP contribution < -0.4 is 10.2 Å². The van der Waals surface area contributed by atoms with Crippen molar-refractivity contribution in [3.05, 3.63) is 12.4 Å². The molecule has 0 aliphatic carbocycles. The first-order chi connectivity index (χ1) is 8.35. The number of nitrogens with zero attached hydrogens (tertiary/aromatic N) is 3. The van der Waals surface area contributed by atoms with Crippen LogP contribution in [-0.2, 0) is 0 Å². The van der Waals surface area contributed by atoms with E-state index in [2.05, 4.69) is 20.2 Å². The van der Waals surface area contributed by atoms with Crippen LogP contribution >= 0.6 is 0 Å². The Morgan fingerprint density at radius 3 is 3.12 bits per heavy atom. The fourth-order valence-corrected chi connectivity index (χ4v) is 2.39. The third-order valence-electron chi connectivity index (χ3n) is 3.29. The van der Waals surface area contributed by atoms with Crippen molar-refractivity contribution >= 4 is 11.6 Å². The van der Waals surface area contributed by atoms with Crippen LogP contribution in [0.25, 0.3) is 0 Å². The van der Waals surface area contributed by atoms with E-state index >= 15 is 0 Å². The zero-order chi connectivity index (χ0) is 12.1. The Morgan fingerprint density at radius 1 is 1.47 bits per heavy atom. The van der Waals surface area contributed by atoms with Gasteiger partial charge in [-0.05, 0) is 25.7 Å². The minimum Gasteiger partial charge on any atom is -0.396 e. The molecule has 17 heavy (non-hydrogen) atoms. The van der Waals surface area contributed by atoms with Crippen LogP contribution in [0.3, 0.4) is 0 Å². The molecule has 2 heterocycles. The molecule has 0 spiro atoms. The number of anilines is 2. The first kappa shape index (κ1) is 12.1. The summed E-state index contributed by atoms with van der Waals surface area (Å²) >= 11 is 0. The minimum absolute atomic E-state index is 0.241. The second-order valence-electron chi connectivity index (χ2n) is 4.37. The van der Waals surface area contributed by atoms with Gasteiger partial charge in [-0.2, -0.15) is 0 Å². The Kier molecular flexibility index (Phi) is 4.14. The highest BCUT2D eigenvalue weighted by atomic mass is 16.3. The number of aliphatic hydroxyl groups is 1. The lowest BCUT2D eigenvalue weighted by Gasteiger charge is -2.36. The van der Waals surface area contributed by atoms with Crippen LogP contribution in [0.5, 0.6) is 0 Å². The van der Waals surface area contributed by atoms with Gasteiger partial charge in [0.25, 0.3) is 0 Å². The highest BCUT2D eigenvalue weighted by Crippen LogP contribution is 2.25. The van der Waals surface area contributed by atoms with Crippen molar-refractivity contribution in [2.24, 2.45) is 0 Å². The summed E-state index contributed by atoms with van der Waals surface area (Å²) in [6.07, 6.45) is 5.98. The zero-order valence-corrected chi connectivity index (χ0v) is 10.3. The molecule has 1 aliphatic rings. The highest BCUT2D eigenvalue weighted by Gasteiger charge is 2.23. The van der Waals surface area contributed by atoms with Gasteiger partial charge in [-0.15, -0.1) is 0 Å². The van der Waals surface area contributed by atoms with E-state index in [-0.39, 0.29) is 6.61 Å². The summed E-state index contributed by atoms with van der Waals surface area (Å²) in [5.74, 6) is 1.80. The summed E-state index contributed by atoms with van der Waals surface area (Å²) in [6.45, 7) is 1.26. The number of aliphatic hydroxyl groups excluding tert-OH is 1. The summed E-state index contributed by atoms with van der Waals surface area (Å²) in [5.41, 5.74) is 0. The molecule has 1 aromatic heterocycles. The Labute approximate surface area is 102 Å². The third-order valence-corrected chi connectivity index (χ3v) is 3.29. The van der Waals surface area contributed by atoms with E-state index in [4.69, 9.17) is 5.11 Å². The SMILES string of the molecule is CNc1cc(N2CCCCC2CCO)ncn1.